The molecular formula is C13H13BrO2. The van der Waals surface area contributed by atoms with Gasteiger partial charge in [-0.2, -0.15) is 0 Å². The van der Waals surface area contributed by atoms with Crippen LogP contribution in [0.15, 0.2) is 34.8 Å². The van der Waals surface area contributed by atoms with Crippen molar-refractivity contribution in [1.82, 2.24) is 0 Å². The van der Waals surface area contributed by atoms with E-state index in [1.54, 1.807) is 7.11 Å². The first-order valence-corrected chi connectivity index (χ1v) is 5.82. The highest BCUT2D eigenvalue weighted by atomic mass is 79.9. The first-order valence-electron chi connectivity index (χ1n) is 5.03. The van der Waals surface area contributed by atoms with E-state index in [4.69, 9.17) is 9.47 Å². The van der Waals surface area contributed by atoms with Crippen LogP contribution < -0.4 is 4.74 Å². The Morgan fingerprint density at radius 1 is 1.25 bits per heavy atom. The molecule has 84 valence electrons. The molecule has 0 amide bonds. The van der Waals surface area contributed by atoms with Crippen molar-refractivity contribution in [2.45, 2.75) is 6.92 Å². The third kappa shape index (κ3) is 2.20. The lowest BCUT2D eigenvalue weighted by molar-refractivity contribution is 0.0512. The average Bonchev–Trinajstić information content (AvgIpc) is 2.26. The van der Waals surface area contributed by atoms with E-state index in [0.29, 0.717) is 0 Å². The first-order chi connectivity index (χ1) is 7.72. The summed E-state index contributed by atoms with van der Waals surface area (Å²) in [5, 5.41) is 2.40. The van der Waals surface area contributed by atoms with E-state index in [1.807, 2.05) is 18.2 Å². The molecule has 2 nitrogen and oxygen atoms in total. The van der Waals surface area contributed by atoms with E-state index < -0.39 is 0 Å². The van der Waals surface area contributed by atoms with Gasteiger partial charge in [-0.15, -0.1) is 0 Å². The van der Waals surface area contributed by atoms with Gasteiger partial charge in [0, 0.05) is 11.6 Å². The highest BCUT2D eigenvalue weighted by Crippen LogP contribution is 2.31. The van der Waals surface area contributed by atoms with Gasteiger partial charge in [0.05, 0.1) is 0 Å². The number of benzene rings is 2. The lowest BCUT2D eigenvalue weighted by Crippen LogP contribution is -1.98. The van der Waals surface area contributed by atoms with Crippen molar-refractivity contribution < 1.29 is 9.47 Å². The van der Waals surface area contributed by atoms with Crippen molar-refractivity contribution in [2.24, 2.45) is 0 Å². The minimum atomic E-state index is 0.268. The van der Waals surface area contributed by atoms with Gasteiger partial charge in [0.25, 0.3) is 0 Å². The second kappa shape index (κ2) is 4.85. The van der Waals surface area contributed by atoms with E-state index in [-0.39, 0.29) is 6.79 Å². The molecule has 2 aromatic rings. The molecule has 0 aliphatic rings. The van der Waals surface area contributed by atoms with Gasteiger partial charge in [0.1, 0.15) is 5.75 Å². The van der Waals surface area contributed by atoms with Gasteiger partial charge in [-0.3, -0.25) is 0 Å². The first kappa shape index (κ1) is 11.4. The lowest BCUT2D eigenvalue weighted by atomic mass is 10.1. The monoisotopic (exact) mass is 280 g/mol. The number of hydrogen-bond donors (Lipinski definition) is 0. The number of fused-ring (bicyclic) bond motifs is 1. The Hall–Kier alpha value is -1.06. The van der Waals surface area contributed by atoms with Crippen LogP contribution in [0.4, 0.5) is 0 Å². The number of methoxy groups -OCH3 is 1. The molecule has 2 aromatic carbocycles. The zero-order valence-electron chi connectivity index (χ0n) is 9.29. The van der Waals surface area contributed by atoms with Crippen molar-refractivity contribution in [1.29, 1.82) is 0 Å². The number of ether oxygens (including phenoxy) is 2. The zero-order chi connectivity index (χ0) is 11.5. The minimum absolute atomic E-state index is 0.268. The Morgan fingerprint density at radius 3 is 2.81 bits per heavy atom. The van der Waals surface area contributed by atoms with Crippen molar-refractivity contribution >= 4 is 26.7 Å². The quantitative estimate of drug-likeness (QED) is 0.794. The Balaban J connectivity index is 2.51. The van der Waals surface area contributed by atoms with Crippen molar-refractivity contribution in [3.05, 3.63) is 40.4 Å². The van der Waals surface area contributed by atoms with Crippen LogP contribution in [0.5, 0.6) is 5.75 Å². The summed E-state index contributed by atoms with van der Waals surface area (Å²) in [4.78, 5) is 0. The van der Waals surface area contributed by atoms with Crippen molar-refractivity contribution in [2.75, 3.05) is 13.9 Å². The molecular weight excluding hydrogens is 268 g/mol. The summed E-state index contributed by atoms with van der Waals surface area (Å²) in [5.41, 5.74) is 1.25. The second-order valence-electron chi connectivity index (χ2n) is 3.63. The fraction of sp³-hybridized carbons (Fsp3) is 0.231. The maximum atomic E-state index is 5.43. The fourth-order valence-electron chi connectivity index (χ4n) is 1.74. The van der Waals surface area contributed by atoms with Gasteiger partial charge in [0.15, 0.2) is 6.79 Å². The molecule has 0 atom stereocenters. The second-order valence-corrected chi connectivity index (χ2v) is 4.48. The van der Waals surface area contributed by atoms with Crippen LogP contribution in [-0.4, -0.2) is 13.9 Å². The van der Waals surface area contributed by atoms with Crippen molar-refractivity contribution in [3.63, 3.8) is 0 Å². The molecule has 16 heavy (non-hydrogen) atoms. The van der Waals surface area contributed by atoms with Gasteiger partial charge in [0.2, 0.25) is 0 Å². The number of halogens is 1. The van der Waals surface area contributed by atoms with Crippen LogP contribution in [0.2, 0.25) is 0 Å². The van der Waals surface area contributed by atoms with Gasteiger partial charge in [-0.1, -0.05) is 34.1 Å². The molecule has 0 radical (unpaired) electrons. The van der Waals surface area contributed by atoms with E-state index >= 15 is 0 Å². The molecule has 0 spiro atoms. The van der Waals surface area contributed by atoms with Gasteiger partial charge in [-0.05, 0) is 35.4 Å². The summed E-state index contributed by atoms with van der Waals surface area (Å²) in [7, 11) is 1.61. The Bertz CT molecular complexity index is 509. The summed E-state index contributed by atoms with van der Waals surface area (Å²) in [5.74, 6) is 0.812. The van der Waals surface area contributed by atoms with E-state index in [1.165, 1.54) is 16.3 Å². The normalized spacial score (nSPS) is 10.7. The predicted octanol–water partition coefficient (Wildman–Crippen LogP) is 3.89. The number of rotatable bonds is 3. The SMILES string of the molecule is COCOc1cc(Br)c2c(C)cccc2c1. The van der Waals surface area contributed by atoms with Crippen LogP contribution in [0.1, 0.15) is 5.56 Å². The van der Waals surface area contributed by atoms with Crippen LogP contribution in [-0.2, 0) is 4.74 Å². The highest BCUT2D eigenvalue weighted by molar-refractivity contribution is 9.10. The molecule has 0 heterocycles. The minimum Gasteiger partial charge on any atom is -0.468 e. The maximum absolute atomic E-state index is 5.43. The average molecular weight is 281 g/mol. The molecule has 2 rings (SSSR count). The molecule has 0 saturated heterocycles. The molecule has 0 fully saturated rings. The van der Waals surface area contributed by atoms with E-state index in [9.17, 15) is 0 Å². The van der Waals surface area contributed by atoms with Crippen LogP contribution in [0.25, 0.3) is 10.8 Å². The largest absolute Gasteiger partial charge is 0.468 e. The van der Waals surface area contributed by atoms with Gasteiger partial charge >= 0.3 is 0 Å². The lowest BCUT2D eigenvalue weighted by Gasteiger charge is -2.09. The van der Waals surface area contributed by atoms with Crippen molar-refractivity contribution in [3.8, 4) is 5.75 Å². The smallest absolute Gasteiger partial charge is 0.188 e. The standard InChI is InChI=1S/C13H13BrO2/c1-9-4-3-5-10-6-11(16-8-15-2)7-12(14)13(9)10/h3-7H,8H2,1-2H3. The molecule has 0 unspecified atom stereocenters. The third-order valence-electron chi connectivity index (χ3n) is 2.45. The Morgan fingerprint density at radius 2 is 2.06 bits per heavy atom. The van der Waals surface area contributed by atoms with Gasteiger partial charge in [-0.25, -0.2) is 0 Å². The molecule has 3 heteroatoms. The topological polar surface area (TPSA) is 18.5 Å². The molecule has 0 aromatic heterocycles. The van der Waals surface area contributed by atoms with Crippen LogP contribution in [0, 0.1) is 6.92 Å². The fourth-order valence-corrected chi connectivity index (χ4v) is 2.51. The summed E-state index contributed by atoms with van der Waals surface area (Å²) >= 11 is 3.57. The Kier molecular flexibility index (Phi) is 3.46. The summed E-state index contributed by atoms with van der Waals surface area (Å²) < 4.78 is 11.4. The third-order valence-corrected chi connectivity index (χ3v) is 3.08. The maximum Gasteiger partial charge on any atom is 0.188 e. The summed E-state index contributed by atoms with van der Waals surface area (Å²) in [6.07, 6.45) is 0. The molecule has 0 N–H and O–H groups in total. The van der Waals surface area contributed by atoms with E-state index in [0.717, 1.165) is 10.2 Å². The van der Waals surface area contributed by atoms with Gasteiger partial charge < -0.3 is 9.47 Å². The number of hydrogen-bond acceptors (Lipinski definition) is 2. The summed E-state index contributed by atoms with van der Waals surface area (Å²) in [6, 6.07) is 10.2. The molecule has 0 aliphatic carbocycles. The molecule has 0 bridgehead atoms. The molecule has 0 saturated carbocycles. The molecule has 0 aliphatic heterocycles. The highest BCUT2D eigenvalue weighted by Gasteiger charge is 2.04. The van der Waals surface area contributed by atoms with E-state index in [2.05, 4.69) is 35.0 Å². The van der Waals surface area contributed by atoms with Crippen LogP contribution >= 0.6 is 15.9 Å². The number of aryl methyl sites for hydroxylation is 1. The zero-order valence-corrected chi connectivity index (χ0v) is 10.9. The van der Waals surface area contributed by atoms with Crippen LogP contribution in [0.3, 0.4) is 0 Å². The predicted molar refractivity (Wildman–Crippen MR) is 68.9 cm³/mol. The Labute approximate surface area is 103 Å². The summed E-state index contributed by atoms with van der Waals surface area (Å²) in [6.45, 7) is 2.37.